The van der Waals surface area contributed by atoms with Gasteiger partial charge in [0, 0.05) is 11.6 Å². The standard InChI is InChI=1S/C25H27F3N2O4/c1-15-4-3-5-19(10-15)21-9-6-16(2)11-22(21)30(34-23(31)25(26,27)28)24(32)33-29-20-13-17-7-8-18(12-17)14-20/h3-6,9-11,17-18,20,29H,7-8,12-14H2,1-2H3. The van der Waals surface area contributed by atoms with Crippen LogP contribution < -0.4 is 10.5 Å². The fourth-order valence-corrected chi connectivity index (χ4v) is 4.96. The SMILES string of the molecule is Cc1cccc(-c2ccc(C)cc2N(OC(=O)C(F)(F)F)C(=O)ONC2CC3CCC(C3)C2)c1. The van der Waals surface area contributed by atoms with Gasteiger partial charge in [-0.1, -0.05) is 54.8 Å². The van der Waals surface area contributed by atoms with Gasteiger partial charge in [-0.15, -0.1) is 10.5 Å². The number of benzene rings is 2. The topological polar surface area (TPSA) is 67.9 Å². The van der Waals surface area contributed by atoms with Gasteiger partial charge in [0.25, 0.3) is 0 Å². The molecular weight excluding hydrogens is 449 g/mol. The Balaban J connectivity index is 1.62. The summed E-state index contributed by atoms with van der Waals surface area (Å²) in [5.41, 5.74) is 5.31. The molecule has 1 N–H and O–H groups in total. The fraction of sp³-hybridized carbons (Fsp3) is 0.440. The van der Waals surface area contributed by atoms with Gasteiger partial charge < -0.3 is 9.68 Å². The lowest BCUT2D eigenvalue weighted by Gasteiger charge is -2.29. The zero-order valence-corrected chi connectivity index (χ0v) is 19.0. The van der Waals surface area contributed by atoms with E-state index >= 15 is 0 Å². The highest BCUT2D eigenvalue weighted by Crippen LogP contribution is 2.42. The van der Waals surface area contributed by atoms with Gasteiger partial charge >= 0.3 is 18.2 Å². The van der Waals surface area contributed by atoms with E-state index in [0.717, 1.165) is 37.7 Å². The molecule has 9 heteroatoms. The number of hydroxylamine groups is 2. The maximum Gasteiger partial charge on any atom is 0.493 e. The lowest BCUT2D eigenvalue weighted by atomic mass is 9.86. The summed E-state index contributed by atoms with van der Waals surface area (Å²) in [4.78, 5) is 34.5. The number of alkyl halides is 3. The Kier molecular flexibility index (Phi) is 6.84. The Morgan fingerprint density at radius 1 is 0.971 bits per heavy atom. The first-order chi connectivity index (χ1) is 16.1. The van der Waals surface area contributed by atoms with Crippen molar-refractivity contribution < 1.29 is 32.4 Å². The van der Waals surface area contributed by atoms with Crippen molar-refractivity contribution >= 4 is 17.7 Å². The van der Waals surface area contributed by atoms with Gasteiger partial charge in [0.15, 0.2) is 0 Å². The molecule has 6 nitrogen and oxygen atoms in total. The number of anilines is 1. The Hall–Kier alpha value is -3.07. The third-order valence-electron chi connectivity index (χ3n) is 6.47. The molecule has 2 aliphatic carbocycles. The maximum absolute atomic E-state index is 13.0. The number of fused-ring (bicyclic) bond motifs is 2. The van der Waals surface area contributed by atoms with Crippen molar-refractivity contribution in [2.24, 2.45) is 11.8 Å². The summed E-state index contributed by atoms with van der Waals surface area (Å²) >= 11 is 0. The van der Waals surface area contributed by atoms with Crippen LogP contribution in [0.5, 0.6) is 0 Å². The van der Waals surface area contributed by atoms with Gasteiger partial charge in [-0.05, 0) is 62.1 Å². The first-order valence-corrected chi connectivity index (χ1v) is 11.3. The van der Waals surface area contributed by atoms with Gasteiger partial charge in [-0.3, -0.25) is 0 Å². The number of rotatable bonds is 4. The van der Waals surface area contributed by atoms with Crippen LogP contribution in [0.15, 0.2) is 42.5 Å². The Labute approximate surface area is 195 Å². The average molecular weight is 476 g/mol. The first-order valence-electron chi connectivity index (χ1n) is 11.3. The molecule has 2 fully saturated rings. The second-order valence-electron chi connectivity index (χ2n) is 9.26. The zero-order valence-electron chi connectivity index (χ0n) is 19.0. The van der Waals surface area contributed by atoms with Crippen molar-refractivity contribution in [3.05, 3.63) is 53.6 Å². The van der Waals surface area contributed by atoms with Crippen LogP contribution in [0.25, 0.3) is 11.1 Å². The van der Waals surface area contributed by atoms with E-state index in [2.05, 4.69) is 10.3 Å². The number of aryl methyl sites for hydroxylation is 2. The van der Waals surface area contributed by atoms with E-state index in [-0.39, 0.29) is 16.8 Å². The number of amides is 1. The van der Waals surface area contributed by atoms with Crippen LogP contribution >= 0.6 is 0 Å². The Morgan fingerprint density at radius 3 is 2.29 bits per heavy atom. The van der Waals surface area contributed by atoms with E-state index in [1.807, 2.05) is 19.1 Å². The van der Waals surface area contributed by atoms with Crippen LogP contribution in [0.1, 0.15) is 43.2 Å². The van der Waals surface area contributed by atoms with Crippen LogP contribution in [-0.2, 0) is 14.5 Å². The van der Waals surface area contributed by atoms with Crippen LogP contribution in [0.3, 0.4) is 0 Å². The molecule has 0 spiro atoms. The predicted octanol–water partition coefficient (Wildman–Crippen LogP) is 6.02. The molecule has 182 valence electrons. The van der Waals surface area contributed by atoms with Crippen LogP contribution in [0, 0.1) is 25.7 Å². The highest BCUT2D eigenvalue weighted by atomic mass is 19.4. The molecular formula is C25H27F3N2O4. The molecule has 34 heavy (non-hydrogen) atoms. The van der Waals surface area contributed by atoms with Crippen molar-refractivity contribution in [1.29, 1.82) is 0 Å². The molecule has 0 saturated heterocycles. The normalized spacial score (nSPS) is 21.7. The van der Waals surface area contributed by atoms with Gasteiger partial charge in [-0.2, -0.15) is 13.2 Å². The molecule has 4 rings (SSSR count). The van der Waals surface area contributed by atoms with E-state index in [4.69, 9.17) is 4.84 Å². The summed E-state index contributed by atoms with van der Waals surface area (Å²) in [5.74, 6) is -1.41. The number of hydrogen-bond donors (Lipinski definition) is 1. The number of carbonyl (C=O) groups is 2. The molecule has 0 aromatic heterocycles. The van der Waals surface area contributed by atoms with Crippen molar-refractivity contribution in [2.75, 3.05) is 5.06 Å². The summed E-state index contributed by atoms with van der Waals surface area (Å²) in [6.45, 7) is 3.59. The highest BCUT2D eigenvalue weighted by molar-refractivity contribution is 5.94. The fourth-order valence-electron chi connectivity index (χ4n) is 4.96. The third kappa shape index (κ3) is 5.52. The Morgan fingerprint density at radius 2 is 1.65 bits per heavy atom. The molecule has 2 atom stereocenters. The van der Waals surface area contributed by atoms with Crippen LogP contribution in [0.4, 0.5) is 23.7 Å². The molecule has 1 amide bonds. The molecule has 0 aliphatic heterocycles. The summed E-state index contributed by atoms with van der Waals surface area (Å²) in [6, 6.07) is 12.0. The van der Waals surface area contributed by atoms with Gasteiger partial charge in [-0.25, -0.2) is 9.59 Å². The highest BCUT2D eigenvalue weighted by Gasteiger charge is 2.44. The number of nitrogens with zero attached hydrogens (tertiary/aromatic N) is 1. The van der Waals surface area contributed by atoms with E-state index in [0.29, 0.717) is 28.5 Å². The molecule has 2 aromatic carbocycles. The minimum absolute atomic E-state index is 0.0290. The lowest BCUT2D eigenvalue weighted by Crippen LogP contribution is -2.44. The summed E-state index contributed by atoms with van der Waals surface area (Å²) in [5, 5.41) is 0.283. The predicted molar refractivity (Wildman–Crippen MR) is 119 cm³/mol. The first kappa shape index (κ1) is 24.1. The minimum atomic E-state index is -5.29. The number of hydrogen-bond acceptors (Lipinski definition) is 5. The van der Waals surface area contributed by atoms with E-state index in [1.54, 1.807) is 31.2 Å². The molecule has 2 aromatic rings. The van der Waals surface area contributed by atoms with Crippen molar-refractivity contribution in [3.63, 3.8) is 0 Å². The lowest BCUT2D eigenvalue weighted by molar-refractivity contribution is -0.200. The summed E-state index contributed by atoms with van der Waals surface area (Å²) in [7, 11) is 0. The second kappa shape index (κ2) is 9.66. The van der Waals surface area contributed by atoms with E-state index < -0.39 is 18.2 Å². The van der Waals surface area contributed by atoms with Crippen molar-refractivity contribution in [2.45, 2.75) is 58.2 Å². The Bertz CT molecular complexity index is 1060. The minimum Gasteiger partial charge on any atom is -0.351 e. The van der Waals surface area contributed by atoms with Crippen molar-refractivity contribution in [1.82, 2.24) is 5.48 Å². The van der Waals surface area contributed by atoms with Gasteiger partial charge in [0.05, 0.1) is 5.69 Å². The van der Waals surface area contributed by atoms with Crippen LogP contribution in [-0.4, -0.2) is 24.3 Å². The molecule has 2 saturated carbocycles. The zero-order chi connectivity index (χ0) is 24.5. The van der Waals surface area contributed by atoms with Crippen LogP contribution in [0.2, 0.25) is 0 Å². The number of carbonyl (C=O) groups excluding carboxylic acids is 2. The molecule has 2 unspecified atom stereocenters. The quantitative estimate of drug-likeness (QED) is 0.547. The van der Waals surface area contributed by atoms with Crippen molar-refractivity contribution in [3.8, 4) is 11.1 Å². The average Bonchev–Trinajstić information content (AvgIpc) is 3.12. The molecule has 0 heterocycles. The largest absolute Gasteiger partial charge is 0.493 e. The van der Waals surface area contributed by atoms with E-state index in [1.165, 1.54) is 6.07 Å². The number of halogens is 3. The maximum atomic E-state index is 13.0. The molecule has 2 aliphatic rings. The van der Waals surface area contributed by atoms with E-state index in [9.17, 15) is 22.8 Å². The summed E-state index contributed by atoms with van der Waals surface area (Å²) in [6.07, 6.45) is -1.47. The second-order valence-corrected chi connectivity index (χ2v) is 9.26. The van der Waals surface area contributed by atoms with Gasteiger partial charge in [0.2, 0.25) is 0 Å². The molecule has 2 bridgehead atoms. The molecule has 0 radical (unpaired) electrons. The summed E-state index contributed by atoms with van der Waals surface area (Å²) < 4.78 is 39.1. The smallest absolute Gasteiger partial charge is 0.351 e. The third-order valence-corrected chi connectivity index (χ3v) is 6.47. The van der Waals surface area contributed by atoms with Gasteiger partial charge in [0.1, 0.15) is 0 Å². The monoisotopic (exact) mass is 476 g/mol. The number of nitrogens with one attached hydrogen (secondary N) is 1.